The first-order valence-electron chi connectivity index (χ1n) is 10.5. The molecule has 0 saturated heterocycles. The minimum Gasteiger partial charge on any atom is -0.309 e. The van der Waals surface area contributed by atoms with Crippen LogP contribution in [0.1, 0.15) is 105 Å². The zero-order valence-corrected chi connectivity index (χ0v) is 17.8. The van der Waals surface area contributed by atoms with Crippen molar-refractivity contribution in [2.45, 2.75) is 105 Å². The van der Waals surface area contributed by atoms with E-state index in [1.165, 1.54) is 64.2 Å². The third kappa shape index (κ3) is 14.5. The van der Waals surface area contributed by atoms with Gasteiger partial charge in [0.1, 0.15) is 0 Å². The average Bonchev–Trinajstić information content (AvgIpc) is 2.55. The molecule has 4 heteroatoms. The molecule has 0 aliphatic heterocycles. The van der Waals surface area contributed by atoms with Crippen LogP contribution in [-0.2, 0) is 13.6 Å². The molecular weight excluding hydrogens is 319 g/mol. The van der Waals surface area contributed by atoms with Gasteiger partial charge in [0.2, 0.25) is 0 Å². The summed E-state index contributed by atoms with van der Waals surface area (Å²) in [5.74, 6) is 0.913. The van der Waals surface area contributed by atoms with E-state index < -0.39 is 7.60 Å². The standard InChI is InChI=1S/C20H43O3P/c1-5-8-17-20(4)18-15-13-11-9-10-12-14-16-19-24(21,22-6-2)23-7-3/h20H,5-19H2,1-4H3. The molecule has 1 atom stereocenters. The molecule has 0 N–H and O–H groups in total. The Bertz CT molecular complexity index is 297. The summed E-state index contributed by atoms with van der Waals surface area (Å²) >= 11 is 0. The largest absolute Gasteiger partial charge is 0.330 e. The fourth-order valence-corrected chi connectivity index (χ4v) is 4.85. The summed E-state index contributed by atoms with van der Waals surface area (Å²) < 4.78 is 22.9. The molecular formula is C20H43O3P. The van der Waals surface area contributed by atoms with E-state index in [0.717, 1.165) is 18.8 Å². The van der Waals surface area contributed by atoms with Crippen molar-refractivity contribution in [1.82, 2.24) is 0 Å². The summed E-state index contributed by atoms with van der Waals surface area (Å²) in [4.78, 5) is 0. The van der Waals surface area contributed by atoms with Crippen LogP contribution < -0.4 is 0 Å². The van der Waals surface area contributed by atoms with Crippen molar-refractivity contribution >= 4 is 7.60 Å². The summed E-state index contributed by atoms with van der Waals surface area (Å²) in [6, 6.07) is 0. The van der Waals surface area contributed by atoms with Crippen molar-refractivity contribution in [3.05, 3.63) is 0 Å². The van der Waals surface area contributed by atoms with Crippen LogP contribution in [0.15, 0.2) is 0 Å². The van der Waals surface area contributed by atoms with E-state index in [9.17, 15) is 4.57 Å². The van der Waals surface area contributed by atoms with Gasteiger partial charge in [-0.15, -0.1) is 0 Å². The lowest BCUT2D eigenvalue weighted by Gasteiger charge is -2.16. The SMILES string of the molecule is CCCCC(C)CCCCCCCCCCP(=O)(OCC)OCC. The third-order valence-corrected chi connectivity index (χ3v) is 6.75. The highest BCUT2D eigenvalue weighted by Gasteiger charge is 2.22. The first-order chi connectivity index (χ1) is 11.6. The molecule has 146 valence electrons. The van der Waals surface area contributed by atoms with Gasteiger partial charge in [-0.3, -0.25) is 4.57 Å². The molecule has 0 bridgehead atoms. The predicted molar refractivity (Wildman–Crippen MR) is 106 cm³/mol. The molecule has 0 fully saturated rings. The van der Waals surface area contributed by atoms with E-state index in [0.29, 0.717) is 19.4 Å². The normalized spacial score (nSPS) is 13.3. The van der Waals surface area contributed by atoms with Gasteiger partial charge in [0, 0.05) is 0 Å². The van der Waals surface area contributed by atoms with E-state index in [4.69, 9.17) is 9.05 Å². The Morgan fingerprint density at radius 3 is 1.67 bits per heavy atom. The number of hydrogen-bond acceptors (Lipinski definition) is 3. The second-order valence-electron chi connectivity index (χ2n) is 7.03. The van der Waals surface area contributed by atoms with E-state index in [2.05, 4.69) is 13.8 Å². The number of unbranched alkanes of at least 4 members (excludes halogenated alkanes) is 8. The Labute approximate surface area is 151 Å². The zero-order valence-electron chi connectivity index (χ0n) is 16.9. The smallest absolute Gasteiger partial charge is 0.309 e. The molecule has 0 amide bonds. The molecule has 1 unspecified atom stereocenters. The van der Waals surface area contributed by atoms with Crippen molar-refractivity contribution in [3.8, 4) is 0 Å². The van der Waals surface area contributed by atoms with Crippen LogP contribution in [0, 0.1) is 5.92 Å². The molecule has 24 heavy (non-hydrogen) atoms. The molecule has 0 aromatic carbocycles. The first kappa shape index (κ1) is 24.1. The van der Waals surface area contributed by atoms with Gasteiger partial charge >= 0.3 is 7.60 Å². The van der Waals surface area contributed by atoms with Crippen LogP contribution >= 0.6 is 7.60 Å². The Kier molecular flexibility index (Phi) is 16.7. The van der Waals surface area contributed by atoms with Crippen LogP contribution in [0.25, 0.3) is 0 Å². The second kappa shape index (κ2) is 16.6. The van der Waals surface area contributed by atoms with E-state index >= 15 is 0 Å². The quantitative estimate of drug-likeness (QED) is 0.186. The van der Waals surface area contributed by atoms with Gasteiger partial charge < -0.3 is 9.05 Å². The molecule has 0 spiro atoms. The summed E-state index contributed by atoms with van der Waals surface area (Å²) in [5, 5.41) is 0. The molecule has 0 saturated carbocycles. The maximum Gasteiger partial charge on any atom is 0.330 e. The lowest BCUT2D eigenvalue weighted by atomic mass is 9.97. The van der Waals surface area contributed by atoms with Crippen molar-refractivity contribution in [1.29, 1.82) is 0 Å². The molecule has 0 heterocycles. The summed E-state index contributed by atoms with van der Waals surface area (Å²) in [6.07, 6.45) is 16.2. The molecule has 0 aliphatic rings. The molecule has 3 nitrogen and oxygen atoms in total. The predicted octanol–water partition coefficient (Wildman–Crippen LogP) is 7.59. The highest BCUT2D eigenvalue weighted by Crippen LogP contribution is 2.48. The minimum absolute atomic E-state index is 0.467. The number of hydrogen-bond donors (Lipinski definition) is 0. The fraction of sp³-hybridized carbons (Fsp3) is 1.00. The van der Waals surface area contributed by atoms with Gasteiger partial charge in [0.05, 0.1) is 19.4 Å². The van der Waals surface area contributed by atoms with Gasteiger partial charge in [-0.2, -0.15) is 0 Å². The third-order valence-electron chi connectivity index (χ3n) is 4.58. The highest BCUT2D eigenvalue weighted by molar-refractivity contribution is 7.53. The van der Waals surface area contributed by atoms with E-state index in [1.54, 1.807) is 0 Å². The van der Waals surface area contributed by atoms with Crippen LogP contribution in [0.5, 0.6) is 0 Å². The van der Waals surface area contributed by atoms with E-state index in [-0.39, 0.29) is 0 Å². The summed E-state index contributed by atoms with van der Waals surface area (Å²) in [5.41, 5.74) is 0. The van der Waals surface area contributed by atoms with E-state index in [1.807, 2.05) is 13.8 Å². The van der Waals surface area contributed by atoms with Crippen molar-refractivity contribution in [2.24, 2.45) is 5.92 Å². The maximum atomic E-state index is 12.3. The average molecular weight is 363 g/mol. The molecule has 0 radical (unpaired) electrons. The molecule has 0 rings (SSSR count). The van der Waals surface area contributed by atoms with Gasteiger partial charge in [-0.25, -0.2) is 0 Å². The van der Waals surface area contributed by atoms with Crippen LogP contribution in [0.2, 0.25) is 0 Å². The lowest BCUT2D eigenvalue weighted by molar-refractivity contribution is 0.219. The topological polar surface area (TPSA) is 35.5 Å². The zero-order chi connectivity index (χ0) is 18.1. The highest BCUT2D eigenvalue weighted by atomic mass is 31.2. The Morgan fingerprint density at radius 1 is 0.708 bits per heavy atom. The van der Waals surface area contributed by atoms with Crippen molar-refractivity contribution in [3.63, 3.8) is 0 Å². The van der Waals surface area contributed by atoms with Gasteiger partial charge in [0.25, 0.3) is 0 Å². The van der Waals surface area contributed by atoms with Gasteiger partial charge in [-0.05, 0) is 26.2 Å². The Balaban J connectivity index is 3.43. The molecule has 0 aromatic heterocycles. The van der Waals surface area contributed by atoms with Gasteiger partial charge in [-0.1, -0.05) is 84.5 Å². The fourth-order valence-electron chi connectivity index (χ4n) is 3.12. The maximum absolute atomic E-state index is 12.3. The van der Waals surface area contributed by atoms with Crippen molar-refractivity contribution < 1.29 is 13.6 Å². The van der Waals surface area contributed by atoms with Crippen molar-refractivity contribution in [2.75, 3.05) is 19.4 Å². The monoisotopic (exact) mass is 362 g/mol. The Morgan fingerprint density at radius 2 is 1.17 bits per heavy atom. The minimum atomic E-state index is -2.81. The molecule has 0 aliphatic carbocycles. The van der Waals surface area contributed by atoms with Crippen LogP contribution in [0.3, 0.4) is 0 Å². The number of rotatable bonds is 18. The second-order valence-corrected chi connectivity index (χ2v) is 9.22. The van der Waals surface area contributed by atoms with Gasteiger partial charge in [0.15, 0.2) is 0 Å². The lowest BCUT2D eigenvalue weighted by Crippen LogP contribution is -2.00. The summed E-state index contributed by atoms with van der Waals surface area (Å²) in [6.45, 7) is 9.35. The first-order valence-corrected chi connectivity index (χ1v) is 12.2. The Hall–Kier alpha value is 0.150. The van der Waals surface area contributed by atoms with Crippen LogP contribution in [-0.4, -0.2) is 19.4 Å². The summed E-state index contributed by atoms with van der Waals surface area (Å²) in [7, 11) is -2.81. The molecule has 0 aromatic rings. The van der Waals surface area contributed by atoms with Crippen LogP contribution in [0.4, 0.5) is 0 Å².